The molecule has 0 spiro atoms. The van der Waals surface area contributed by atoms with Crippen molar-refractivity contribution in [1.82, 2.24) is 4.98 Å². The van der Waals surface area contributed by atoms with Crippen LogP contribution in [0.4, 0.5) is 15.9 Å². The van der Waals surface area contributed by atoms with Gasteiger partial charge in [0.05, 0.1) is 5.02 Å². The highest BCUT2D eigenvalue weighted by atomic mass is 35.5. The fraction of sp³-hybridized carbons (Fsp3) is 0.176. The molecule has 1 N–H and O–H groups in total. The standard InChI is InChI=1S/C17H15ClFN3O/c18-15-5-2-8-20-16(15)22-9-6-12(7-10-22)17(23)21-14-4-1-3-13(19)11-14/h1-6,8,11H,7,9-10H2,(H,21,23). The van der Waals surface area contributed by atoms with E-state index >= 15 is 0 Å². The van der Waals surface area contributed by atoms with Gasteiger partial charge in [0.2, 0.25) is 0 Å². The van der Waals surface area contributed by atoms with E-state index in [1.165, 1.54) is 12.1 Å². The molecule has 6 heteroatoms. The number of hydrogen-bond donors (Lipinski definition) is 1. The highest BCUT2D eigenvalue weighted by molar-refractivity contribution is 6.32. The van der Waals surface area contributed by atoms with Gasteiger partial charge in [-0.1, -0.05) is 23.7 Å². The average Bonchev–Trinajstić information content (AvgIpc) is 2.55. The van der Waals surface area contributed by atoms with Crippen LogP contribution in [0, 0.1) is 5.82 Å². The molecular weight excluding hydrogens is 317 g/mol. The summed E-state index contributed by atoms with van der Waals surface area (Å²) >= 11 is 6.14. The minimum atomic E-state index is -0.378. The van der Waals surface area contributed by atoms with Crippen molar-refractivity contribution in [2.45, 2.75) is 6.42 Å². The van der Waals surface area contributed by atoms with Gasteiger partial charge in [-0.2, -0.15) is 0 Å². The normalized spacial score (nSPS) is 14.3. The number of halogens is 2. The number of amides is 1. The lowest BCUT2D eigenvalue weighted by molar-refractivity contribution is -0.113. The fourth-order valence-corrected chi connectivity index (χ4v) is 2.70. The second-order valence-corrected chi connectivity index (χ2v) is 5.61. The van der Waals surface area contributed by atoms with Crippen LogP contribution in [0.15, 0.2) is 54.2 Å². The molecule has 0 bridgehead atoms. The Morgan fingerprint density at radius 3 is 2.87 bits per heavy atom. The van der Waals surface area contributed by atoms with E-state index < -0.39 is 0 Å². The van der Waals surface area contributed by atoms with E-state index in [1.54, 1.807) is 30.5 Å². The third-order valence-corrected chi connectivity index (χ3v) is 3.92. The second kappa shape index (κ2) is 6.79. The van der Waals surface area contributed by atoms with Gasteiger partial charge >= 0.3 is 0 Å². The number of rotatable bonds is 3. The van der Waals surface area contributed by atoms with E-state index in [4.69, 9.17) is 11.6 Å². The van der Waals surface area contributed by atoms with E-state index in [1.807, 2.05) is 11.0 Å². The average molecular weight is 332 g/mol. The number of pyridine rings is 1. The zero-order chi connectivity index (χ0) is 16.2. The van der Waals surface area contributed by atoms with Gasteiger partial charge in [-0.25, -0.2) is 9.37 Å². The van der Waals surface area contributed by atoms with E-state index in [9.17, 15) is 9.18 Å². The third-order valence-electron chi connectivity index (χ3n) is 3.62. The summed E-state index contributed by atoms with van der Waals surface area (Å²) in [5, 5.41) is 3.30. The predicted octanol–water partition coefficient (Wildman–Crippen LogP) is 3.65. The molecule has 3 rings (SSSR count). The third kappa shape index (κ3) is 3.68. The molecule has 1 amide bonds. The molecule has 0 saturated heterocycles. The quantitative estimate of drug-likeness (QED) is 0.933. The number of benzene rings is 1. The Bertz CT molecular complexity index is 763. The summed E-state index contributed by atoms with van der Waals surface area (Å²) < 4.78 is 13.1. The Labute approximate surface area is 138 Å². The maximum Gasteiger partial charge on any atom is 0.251 e. The Kier molecular flexibility index (Phi) is 4.57. The van der Waals surface area contributed by atoms with Gasteiger partial charge in [-0.3, -0.25) is 4.79 Å². The summed E-state index contributed by atoms with van der Waals surface area (Å²) in [6.07, 6.45) is 4.12. The summed E-state index contributed by atoms with van der Waals surface area (Å²) in [4.78, 5) is 18.5. The maximum absolute atomic E-state index is 13.1. The molecule has 2 heterocycles. The second-order valence-electron chi connectivity index (χ2n) is 5.20. The summed E-state index contributed by atoms with van der Waals surface area (Å²) in [5.41, 5.74) is 1.13. The first-order valence-corrected chi connectivity index (χ1v) is 7.63. The van der Waals surface area contributed by atoms with Crippen LogP contribution in [-0.4, -0.2) is 24.0 Å². The number of hydrogen-bond acceptors (Lipinski definition) is 3. The minimum Gasteiger partial charge on any atom is -0.351 e. The smallest absolute Gasteiger partial charge is 0.251 e. The first-order chi connectivity index (χ1) is 11.1. The molecule has 0 saturated carbocycles. The molecule has 0 unspecified atom stereocenters. The zero-order valence-electron chi connectivity index (χ0n) is 12.3. The van der Waals surface area contributed by atoms with Gasteiger partial charge in [0.15, 0.2) is 0 Å². The summed E-state index contributed by atoms with van der Waals surface area (Å²) in [6.45, 7) is 1.21. The largest absolute Gasteiger partial charge is 0.351 e. The summed E-state index contributed by atoms with van der Waals surface area (Å²) in [7, 11) is 0. The number of aromatic nitrogens is 1. The number of nitrogens with one attached hydrogen (secondary N) is 1. The van der Waals surface area contributed by atoms with Crippen LogP contribution in [0.25, 0.3) is 0 Å². The van der Waals surface area contributed by atoms with E-state index in [0.29, 0.717) is 35.8 Å². The molecule has 0 fully saturated rings. The van der Waals surface area contributed by atoms with Crippen LogP contribution in [-0.2, 0) is 4.79 Å². The highest BCUT2D eigenvalue weighted by Crippen LogP contribution is 2.25. The SMILES string of the molecule is O=C(Nc1cccc(F)c1)C1=CCN(c2ncccc2Cl)CC1. The van der Waals surface area contributed by atoms with Crippen LogP contribution in [0.1, 0.15) is 6.42 Å². The Balaban J connectivity index is 1.67. The number of carbonyl (C=O) groups excluding carboxylic acids is 1. The number of anilines is 2. The molecule has 1 aromatic carbocycles. The van der Waals surface area contributed by atoms with Crippen molar-refractivity contribution < 1.29 is 9.18 Å². The summed E-state index contributed by atoms with van der Waals surface area (Å²) in [6, 6.07) is 9.42. The van der Waals surface area contributed by atoms with Crippen LogP contribution in [0.5, 0.6) is 0 Å². The van der Waals surface area contributed by atoms with Crippen molar-refractivity contribution >= 4 is 29.0 Å². The van der Waals surface area contributed by atoms with Crippen molar-refractivity contribution in [3.63, 3.8) is 0 Å². The van der Waals surface area contributed by atoms with E-state index in [0.717, 1.165) is 5.82 Å². The van der Waals surface area contributed by atoms with E-state index in [2.05, 4.69) is 10.3 Å². The molecule has 4 nitrogen and oxygen atoms in total. The van der Waals surface area contributed by atoms with Gasteiger partial charge < -0.3 is 10.2 Å². The van der Waals surface area contributed by atoms with Crippen molar-refractivity contribution in [3.8, 4) is 0 Å². The van der Waals surface area contributed by atoms with Crippen LogP contribution < -0.4 is 10.2 Å². The molecular formula is C17H15ClFN3O. The van der Waals surface area contributed by atoms with Gasteiger partial charge in [-0.15, -0.1) is 0 Å². The maximum atomic E-state index is 13.1. The lowest BCUT2D eigenvalue weighted by atomic mass is 10.1. The molecule has 23 heavy (non-hydrogen) atoms. The first kappa shape index (κ1) is 15.5. The monoisotopic (exact) mass is 331 g/mol. The van der Waals surface area contributed by atoms with Crippen LogP contribution in [0.2, 0.25) is 5.02 Å². The molecule has 118 valence electrons. The lowest BCUT2D eigenvalue weighted by Crippen LogP contribution is -2.32. The first-order valence-electron chi connectivity index (χ1n) is 7.25. The van der Waals surface area contributed by atoms with Gasteiger partial charge in [0, 0.05) is 30.5 Å². The molecule has 0 atom stereocenters. The molecule has 0 radical (unpaired) electrons. The molecule has 0 aliphatic carbocycles. The lowest BCUT2D eigenvalue weighted by Gasteiger charge is -2.27. The van der Waals surface area contributed by atoms with Gasteiger partial charge in [0.1, 0.15) is 11.6 Å². The summed E-state index contributed by atoms with van der Waals surface area (Å²) in [5.74, 6) is 0.133. The molecule has 2 aromatic rings. The minimum absolute atomic E-state index is 0.206. The predicted molar refractivity (Wildman–Crippen MR) is 89.2 cm³/mol. The Morgan fingerprint density at radius 1 is 1.30 bits per heavy atom. The number of carbonyl (C=O) groups is 1. The topological polar surface area (TPSA) is 45.2 Å². The van der Waals surface area contributed by atoms with Crippen LogP contribution >= 0.6 is 11.6 Å². The van der Waals surface area contributed by atoms with Crippen molar-refractivity contribution in [2.75, 3.05) is 23.3 Å². The Hall–Kier alpha value is -2.40. The fourth-order valence-electron chi connectivity index (χ4n) is 2.46. The van der Waals surface area contributed by atoms with Crippen molar-refractivity contribution in [2.24, 2.45) is 0 Å². The van der Waals surface area contributed by atoms with Gasteiger partial charge in [0.25, 0.3) is 5.91 Å². The van der Waals surface area contributed by atoms with Crippen molar-refractivity contribution in [1.29, 1.82) is 0 Å². The molecule has 1 aliphatic rings. The van der Waals surface area contributed by atoms with E-state index in [-0.39, 0.29) is 11.7 Å². The van der Waals surface area contributed by atoms with Gasteiger partial charge in [-0.05, 0) is 36.8 Å². The van der Waals surface area contributed by atoms with Crippen molar-refractivity contribution in [3.05, 3.63) is 65.1 Å². The van der Waals surface area contributed by atoms with Crippen LogP contribution in [0.3, 0.4) is 0 Å². The number of nitrogens with zero attached hydrogens (tertiary/aromatic N) is 2. The Morgan fingerprint density at radius 2 is 2.17 bits per heavy atom. The molecule has 1 aromatic heterocycles. The molecule has 1 aliphatic heterocycles. The highest BCUT2D eigenvalue weighted by Gasteiger charge is 2.19. The zero-order valence-corrected chi connectivity index (χ0v) is 13.1.